The molecule has 1 atom stereocenters. The van der Waals surface area contributed by atoms with Crippen molar-refractivity contribution in [1.82, 2.24) is 14.7 Å². The maximum Gasteiger partial charge on any atom is 0.287 e. The van der Waals surface area contributed by atoms with Crippen LogP contribution in [-0.4, -0.2) is 41.4 Å². The highest BCUT2D eigenvalue weighted by atomic mass is 35.5. The summed E-state index contributed by atoms with van der Waals surface area (Å²) in [5, 5.41) is 7.58. The highest BCUT2D eigenvalue weighted by Gasteiger charge is 2.17. The molecule has 1 saturated heterocycles. The predicted octanol–water partition coefficient (Wildman–Crippen LogP) is 1.67. The fourth-order valence-electron chi connectivity index (χ4n) is 2.51. The lowest BCUT2D eigenvalue weighted by Gasteiger charge is -2.30. The standard InChI is InChI=1S/C13H21ClN4O/c1-3-18-13(19)12(14)11(8-16-18)15-7-10-5-4-6-17(2)9-10/h8,10,15H,3-7,9H2,1-2H3. The zero-order chi connectivity index (χ0) is 13.8. The Hall–Kier alpha value is -1.07. The van der Waals surface area contributed by atoms with Gasteiger partial charge in [0.2, 0.25) is 0 Å². The number of hydrogen-bond acceptors (Lipinski definition) is 4. The number of halogens is 1. The predicted molar refractivity (Wildman–Crippen MR) is 77.9 cm³/mol. The number of nitrogens with zero attached hydrogens (tertiary/aromatic N) is 3. The van der Waals surface area contributed by atoms with E-state index in [2.05, 4.69) is 22.4 Å². The molecule has 0 saturated carbocycles. The number of aromatic nitrogens is 2. The first-order chi connectivity index (χ1) is 9.11. The molecule has 106 valence electrons. The normalized spacial score (nSPS) is 20.5. The molecule has 0 spiro atoms. The van der Waals surface area contributed by atoms with Gasteiger partial charge in [0.1, 0.15) is 5.02 Å². The molecule has 1 aromatic rings. The molecule has 19 heavy (non-hydrogen) atoms. The molecule has 1 aliphatic heterocycles. The number of nitrogens with one attached hydrogen (secondary N) is 1. The van der Waals surface area contributed by atoms with Gasteiger partial charge in [0.05, 0.1) is 11.9 Å². The van der Waals surface area contributed by atoms with Crippen molar-refractivity contribution in [2.75, 3.05) is 32.0 Å². The summed E-state index contributed by atoms with van der Waals surface area (Å²) in [6.45, 7) is 5.50. The molecule has 0 aromatic carbocycles. The van der Waals surface area contributed by atoms with Crippen molar-refractivity contribution in [3.8, 4) is 0 Å². The summed E-state index contributed by atoms with van der Waals surface area (Å²) in [6.07, 6.45) is 4.08. The van der Waals surface area contributed by atoms with E-state index in [9.17, 15) is 4.79 Å². The van der Waals surface area contributed by atoms with Gasteiger partial charge in [0.15, 0.2) is 0 Å². The Kier molecular flexibility index (Phi) is 4.82. The Bertz CT molecular complexity index is 488. The molecule has 0 amide bonds. The largest absolute Gasteiger partial charge is 0.382 e. The van der Waals surface area contributed by atoms with Crippen molar-refractivity contribution in [2.45, 2.75) is 26.3 Å². The van der Waals surface area contributed by atoms with Gasteiger partial charge < -0.3 is 10.2 Å². The molecule has 0 bridgehead atoms. The van der Waals surface area contributed by atoms with Crippen LogP contribution in [0, 0.1) is 5.92 Å². The lowest BCUT2D eigenvalue weighted by Crippen LogP contribution is -2.35. The van der Waals surface area contributed by atoms with E-state index in [1.165, 1.54) is 24.1 Å². The van der Waals surface area contributed by atoms with Gasteiger partial charge in [-0.25, -0.2) is 4.68 Å². The summed E-state index contributed by atoms with van der Waals surface area (Å²) in [4.78, 5) is 14.2. The van der Waals surface area contributed by atoms with Gasteiger partial charge in [-0.05, 0) is 39.3 Å². The molecule has 2 heterocycles. The Morgan fingerprint density at radius 3 is 3.05 bits per heavy atom. The van der Waals surface area contributed by atoms with Gasteiger partial charge in [-0.1, -0.05) is 11.6 Å². The van der Waals surface area contributed by atoms with Crippen LogP contribution >= 0.6 is 11.6 Å². The third-order valence-electron chi connectivity index (χ3n) is 3.59. The van der Waals surface area contributed by atoms with E-state index < -0.39 is 0 Å². The fraction of sp³-hybridized carbons (Fsp3) is 0.692. The van der Waals surface area contributed by atoms with Crippen LogP contribution in [0.2, 0.25) is 5.02 Å². The molecular weight excluding hydrogens is 264 g/mol. The van der Waals surface area contributed by atoms with Crippen LogP contribution in [0.1, 0.15) is 19.8 Å². The number of likely N-dealkylation sites (tertiary alicyclic amines) is 1. The van der Waals surface area contributed by atoms with Crippen molar-refractivity contribution in [3.63, 3.8) is 0 Å². The highest BCUT2D eigenvalue weighted by Crippen LogP contribution is 2.19. The van der Waals surface area contributed by atoms with Gasteiger partial charge in [0.25, 0.3) is 5.56 Å². The third-order valence-corrected chi connectivity index (χ3v) is 3.95. The van der Waals surface area contributed by atoms with Crippen LogP contribution in [0.3, 0.4) is 0 Å². The van der Waals surface area contributed by atoms with Crippen molar-refractivity contribution in [1.29, 1.82) is 0 Å². The minimum absolute atomic E-state index is 0.227. The van der Waals surface area contributed by atoms with Gasteiger partial charge in [-0.2, -0.15) is 5.10 Å². The summed E-state index contributed by atoms with van der Waals surface area (Å²) in [5.74, 6) is 0.600. The highest BCUT2D eigenvalue weighted by molar-refractivity contribution is 6.32. The SMILES string of the molecule is CCn1ncc(NCC2CCCN(C)C2)c(Cl)c1=O. The fourth-order valence-corrected chi connectivity index (χ4v) is 2.72. The second kappa shape index (κ2) is 6.39. The number of aryl methyl sites for hydroxylation is 1. The Labute approximate surface area is 118 Å². The number of rotatable bonds is 4. The summed E-state index contributed by atoms with van der Waals surface area (Å²) in [7, 11) is 2.14. The van der Waals surface area contributed by atoms with Crippen molar-refractivity contribution >= 4 is 17.3 Å². The van der Waals surface area contributed by atoms with E-state index in [4.69, 9.17) is 11.6 Å². The van der Waals surface area contributed by atoms with Gasteiger partial charge in [-0.15, -0.1) is 0 Å². The molecule has 1 N–H and O–H groups in total. The number of anilines is 1. The minimum atomic E-state index is -0.227. The number of hydrogen-bond donors (Lipinski definition) is 1. The summed E-state index contributed by atoms with van der Waals surface area (Å²) in [5.41, 5.74) is 0.416. The van der Waals surface area contributed by atoms with E-state index in [0.717, 1.165) is 13.1 Å². The molecule has 1 aliphatic rings. The van der Waals surface area contributed by atoms with Crippen LogP contribution in [0.5, 0.6) is 0 Å². The first-order valence-electron chi connectivity index (χ1n) is 6.79. The van der Waals surface area contributed by atoms with Crippen LogP contribution in [0.4, 0.5) is 5.69 Å². The summed E-state index contributed by atoms with van der Waals surface area (Å²) >= 11 is 6.08. The van der Waals surface area contributed by atoms with Gasteiger partial charge >= 0.3 is 0 Å². The Balaban J connectivity index is 2.00. The molecule has 0 radical (unpaired) electrons. The zero-order valence-electron chi connectivity index (χ0n) is 11.5. The Morgan fingerprint density at radius 2 is 2.37 bits per heavy atom. The topological polar surface area (TPSA) is 50.2 Å². The minimum Gasteiger partial charge on any atom is -0.382 e. The molecular formula is C13H21ClN4O. The first kappa shape index (κ1) is 14.3. The van der Waals surface area contributed by atoms with Crippen LogP contribution < -0.4 is 10.9 Å². The second-order valence-electron chi connectivity index (χ2n) is 5.14. The maximum atomic E-state index is 11.8. The Morgan fingerprint density at radius 1 is 1.58 bits per heavy atom. The molecule has 5 nitrogen and oxygen atoms in total. The molecule has 1 unspecified atom stereocenters. The summed E-state index contributed by atoms with van der Waals surface area (Å²) < 4.78 is 1.36. The molecule has 2 rings (SSSR count). The van der Waals surface area contributed by atoms with Crippen molar-refractivity contribution in [2.24, 2.45) is 5.92 Å². The van der Waals surface area contributed by atoms with Crippen LogP contribution in [-0.2, 0) is 6.54 Å². The van der Waals surface area contributed by atoms with Gasteiger partial charge in [-0.3, -0.25) is 4.79 Å². The van der Waals surface area contributed by atoms with E-state index in [0.29, 0.717) is 18.2 Å². The molecule has 1 aromatic heterocycles. The van der Waals surface area contributed by atoms with E-state index >= 15 is 0 Å². The lowest BCUT2D eigenvalue weighted by atomic mass is 9.98. The zero-order valence-corrected chi connectivity index (χ0v) is 12.3. The van der Waals surface area contributed by atoms with Crippen molar-refractivity contribution in [3.05, 3.63) is 21.6 Å². The maximum absolute atomic E-state index is 11.8. The van der Waals surface area contributed by atoms with Crippen molar-refractivity contribution < 1.29 is 0 Å². The average molecular weight is 285 g/mol. The third kappa shape index (κ3) is 3.48. The van der Waals surface area contributed by atoms with E-state index in [-0.39, 0.29) is 10.6 Å². The van der Waals surface area contributed by atoms with Crippen LogP contribution in [0.15, 0.2) is 11.0 Å². The molecule has 0 aliphatic carbocycles. The smallest absolute Gasteiger partial charge is 0.287 e. The number of piperidine rings is 1. The quantitative estimate of drug-likeness (QED) is 0.914. The summed E-state index contributed by atoms with van der Waals surface area (Å²) in [6, 6.07) is 0. The monoisotopic (exact) mass is 284 g/mol. The lowest BCUT2D eigenvalue weighted by molar-refractivity contribution is 0.217. The van der Waals surface area contributed by atoms with Gasteiger partial charge in [0, 0.05) is 19.6 Å². The van der Waals surface area contributed by atoms with Crippen LogP contribution in [0.25, 0.3) is 0 Å². The molecule has 1 fully saturated rings. The second-order valence-corrected chi connectivity index (χ2v) is 5.52. The molecule has 6 heteroatoms. The first-order valence-corrected chi connectivity index (χ1v) is 7.17. The van der Waals surface area contributed by atoms with E-state index in [1.54, 1.807) is 6.20 Å². The van der Waals surface area contributed by atoms with E-state index in [1.807, 2.05) is 6.92 Å². The average Bonchev–Trinajstić information content (AvgIpc) is 2.41.